The molecule has 1 rings (SSSR count). The van der Waals surface area contributed by atoms with Crippen molar-refractivity contribution in [3.05, 3.63) is 0 Å². The molecule has 0 heterocycles. The molecule has 0 saturated heterocycles. The molecular weight excluding hydrogens is 242 g/mol. The predicted molar refractivity (Wildman–Crippen MR) is 75.9 cm³/mol. The van der Waals surface area contributed by atoms with Crippen LogP contribution in [0, 0.1) is 11.8 Å². The molecule has 0 bridgehead atoms. The summed E-state index contributed by atoms with van der Waals surface area (Å²) in [4.78, 5) is 11.9. The first kappa shape index (κ1) is 16.4. The van der Waals surface area contributed by atoms with Gasteiger partial charge in [-0.05, 0) is 18.8 Å². The second kappa shape index (κ2) is 9.32. The zero-order valence-corrected chi connectivity index (χ0v) is 12.4. The summed E-state index contributed by atoms with van der Waals surface area (Å²) in [6, 6.07) is 0. The van der Waals surface area contributed by atoms with Crippen molar-refractivity contribution >= 4 is 5.91 Å². The smallest absolute Gasteiger partial charge is 0.222 e. The van der Waals surface area contributed by atoms with Crippen molar-refractivity contribution < 1.29 is 14.6 Å². The minimum Gasteiger partial charge on any atom is -0.391 e. The van der Waals surface area contributed by atoms with E-state index in [9.17, 15) is 9.90 Å². The van der Waals surface area contributed by atoms with Crippen LogP contribution < -0.4 is 5.32 Å². The van der Waals surface area contributed by atoms with Gasteiger partial charge in [0, 0.05) is 19.6 Å². The fraction of sp³-hybridized carbons (Fsp3) is 0.933. The highest BCUT2D eigenvalue weighted by Gasteiger charge is 2.20. The van der Waals surface area contributed by atoms with Gasteiger partial charge in [-0.25, -0.2) is 0 Å². The zero-order valence-electron chi connectivity index (χ0n) is 12.4. The lowest BCUT2D eigenvalue weighted by Crippen LogP contribution is -2.33. The molecule has 0 aliphatic heterocycles. The van der Waals surface area contributed by atoms with Crippen LogP contribution in [-0.4, -0.2) is 37.4 Å². The van der Waals surface area contributed by atoms with Gasteiger partial charge in [0.05, 0.1) is 12.7 Å². The number of methoxy groups -OCH3 is 1. The van der Waals surface area contributed by atoms with E-state index in [2.05, 4.69) is 5.32 Å². The maximum Gasteiger partial charge on any atom is 0.222 e. The molecule has 2 unspecified atom stereocenters. The van der Waals surface area contributed by atoms with E-state index in [4.69, 9.17) is 4.74 Å². The normalized spacial score (nSPS) is 19.9. The van der Waals surface area contributed by atoms with Crippen molar-refractivity contribution in [3.8, 4) is 0 Å². The number of nitrogens with one attached hydrogen (secondary N) is 1. The van der Waals surface area contributed by atoms with Gasteiger partial charge in [0.15, 0.2) is 0 Å². The Labute approximate surface area is 116 Å². The van der Waals surface area contributed by atoms with Crippen molar-refractivity contribution in [2.24, 2.45) is 11.8 Å². The van der Waals surface area contributed by atoms with Gasteiger partial charge in [-0.15, -0.1) is 0 Å². The molecule has 1 amide bonds. The maximum absolute atomic E-state index is 11.9. The minimum atomic E-state index is -0.487. The molecule has 19 heavy (non-hydrogen) atoms. The summed E-state index contributed by atoms with van der Waals surface area (Å²) in [5.41, 5.74) is 0. The van der Waals surface area contributed by atoms with E-state index in [1.807, 2.05) is 6.92 Å². The highest BCUT2D eigenvalue weighted by molar-refractivity contribution is 5.78. The molecule has 0 aromatic carbocycles. The number of ether oxygens (including phenoxy) is 1. The standard InChI is InChI=1S/C15H29NO3/c1-12(10-13-6-4-3-5-7-13)15(18)16-9-8-14(17)11-19-2/h12-14,17H,3-11H2,1-2H3,(H,16,18). The molecule has 4 nitrogen and oxygen atoms in total. The SMILES string of the molecule is COCC(O)CCNC(=O)C(C)CC1CCCCC1. The van der Waals surface area contributed by atoms with Gasteiger partial charge < -0.3 is 15.2 Å². The summed E-state index contributed by atoms with van der Waals surface area (Å²) in [6.45, 7) is 2.86. The first-order valence-corrected chi connectivity index (χ1v) is 7.58. The van der Waals surface area contributed by atoms with Crippen LogP contribution in [0.2, 0.25) is 0 Å². The second-order valence-electron chi connectivity index (χ2n) is 5.83. The van der Waals surface area contributed by atoms with Crippen LogP contribution >= 0.6 is 0 Å². The highest BCUT2D eigenvalue weighted by Crippen LogP contribution is 2.28. The summed E-state index contributed by atoms with van der Waals surface area (Å²) in [5, 5.41) is 12.4. The quantitative estimate of drug-likeness (QED) is 0.711. The Morgan fingerprint density at radius 1 is 1.37 bits per heavy atom. The third-order valence-corrected chi connectivity index (χ3v) is 4.00. The summed E-state index contributed by atoms with van der Waals surface area (Å²) in [5.74, 6) is 0.937. The number of hydrogen-bond donors (Lipinski definition) is 2. The van der Waals surface area contributed by atoms with Crippen molar-refractivity contribution in [2.75, 3.05) is 20.3 Å². The van der Waals surface area contributed by atoms with E-state index >= 15 is 0 Å². The Morgan fingerprint density at radius 3 is 2.68 bits per heavy atom. The Bertz CT molecular complexity index is 252. The molecule has 1 fully saturated rings. The number of rotatable bonds is 8. The van der Waals surface area contributed by atoms with E-state index in [-0.39, 0.29) is 11.8 Å². The molecule has 1 aliphatic rings. The van der Waals surface area contributed by atoms with Gasteiger partial charge in [-0.1, -0.05) is 39.0 Å². The van der Waals surface area contributed by atoms with Gasteiger partial charge in [0.2, 0.25) is 5.91 Å². The first-order chi connectivity index (χ1) is 9.13. The van der Waals surface area contributed by atoms with Gasteiger partial charge in [-0.3, -0.25) is 4.79 Å². The van der Waals surface area contributed by atoms with Crippen LogP contribution in [0.4, 0.5) is 0 Å². The van der Waals surface area contributed by atoms with E-state index in [1.54, 1.807) is 7.11 Å². The first-order valence-electron chi connectivity index (χ1n) is 7.58. The monoisotopic (exact) mass is 271 g/mol. The molecule has 1 saturated carbocycles. The molecule has 112 valence electrons. The van der Waals surface area contributed by atoms with E-state index < -0.39 is 6.10 Å². The van der Waals surface area contributed by atoms with Crippen LogP contribution in [-0.2, 0) is 9.53 Å². The fourth-order valence-corrected chi connectivity index (χ4v) is 2.84. The molecule has 4 heteroatoms. The molecule has 0 spiro atoms. The summed E-state index contributed by atoms with van der Waals surface area (Å²) >= 11 is 0. The number of hydrogen-bond acceptors (Lipinski definition) is 3. The number of amides is 1. The van der Waals surface area contributed by atoms with Gasteiger partial charge in [0.25, 0.3) is 0 Å². The summed E-state index contributed by atoms with van der Waals surface area (Å²) in [7, 11) is 1.56. The molecular formula is C15H29NO3. The van der Waals surface area contributed by atoms with Crippen LogP contribution in [0.25, 0.3) is 0 Å². The molecule has 0 radical (unpaired) electrons. The molecule has 2 N–H and O–H groups in total. The lowest BCUT2D eigenvalue weighted by molar-refractivity contribution is -0.125. The number of carbonyl (C=O) groups is 1. The van der Waals surface area contributed by atoms with Gasteiger partial charge in [0.1, 0.15) is 0 Å². The zero-order chi connectivity index (χ0) is 14.1. The van der Waals surface area contributed by atoms with Crippen molar-refractivity contribution in [1.82, 2.24) is 5.32 Å². The third kappa shape index (κ3) is 6.92. The minimum absolute atomic E-state index is 0.0858. The molecule has 0 aromatic heterocycles. The summed E-state index contributed by atoms with van der Waals surface area (Å²) < 4.78 is 4.85. The Morgan fingerprint density at radius 2 is 2.05 bits per heavy atom. The fourth-order valence-electron chi connectivity index (χ4n) is 2.84. The number of carbonyl (C=O) groups excluding carboxylic acids is 1. The van der Waals surface area contributed by atoms with Crippen molar-refractivity contribution in [2.45, 2.75) is 58.0 Å². The Kier molecular flexibility index (Phi) is 8.07. The number of aliphatic hydroxyl groups excluding tert-OH is 1. The third-order valence-electron chi connectivity index (χ3n) is 4.00. The number of aliphatic hydroxyl groups is 1. The highest BCUT2D eigenvalue weighted by atomic mass is 16.5. The van der Waals surface area contributed by atoms with Crippen LogP contribution in [0.3, 0.4) is 0 Å². The van der Waals surface area contributed by atoms with Crippen LogP contribution in [0.15, 0.2) is 0 Å². The van der Waals surface area contributed by atoms with Crippen LogP contribution in [0.5, 0.6) is 0 Å². The largest absolute Gasteiger partial charge is 0.391 e. The Hall–Kier alpha value is -0.610. The van der Waals surface area contributed by atoms with E-state index in [0.717, 1.165) is 12.3 Å². The van der Waals surface area contributed by atoms with Gasteiger partial charge in [-0.2, -0.15) is 0 Å². The summed E-state index contributed by atoms with van der Waals surface area (Å²) in [6.07, 6.45) is 7.63. The molecule has 2 atom stereocenters. The van der Waals surface area contributed by atoms with Crippen LogP contribution in [0.1, 0.15) is 51.9 Å². The second-order valence-corrected chi connectivity index (χ2v) is 5.83. The molecule has 0 aromatic rings. The average Bonchev–Trinajstić information content (AvgIpc) is 2.40. The maximum atomic E-state index is 11.9. The van der Waals surface area contributed by atoms with E-state index in [1.165, 1.54) is 32.1 Å². The van der Waals surface area contributed by atoms with Crippen molar-refractivity contribution in [3.63, 3.8) is 0 Å². The topological polar surface area (TPSA) is 58.6 Å². The average molecular weight is 271 g/mol. The Balaban J connectivity index is 2.13. The lowest BCUT2D eigenvalue weighted by atomic mass is 9.83. The lowest BCUT2D eigenvalue weighted by Gasteiger charge is -2.24. The molecule has 1 aliphatic carbocycles. The predicted octanol–water partition coefficient (Wildman–Crippen LogP) is 2.11. The van der Waals surface area contributed by atoms with E-state index in [0.29, 0.717) is 19.6 Å². The van der Waals surface area contributed by atoms with Crippen molar-refractivity contribution in [1.29, 1.82) is 0 Å². The van der Waals surface area contributed by atoms with Gasteiger partial charge >= 0.3 is 0 Å².